The van der Waals surface area contributed by atoms with Gasteiger partial charge in [-0.3, -0.25) is 4.79 Å². The first-order chi connectivity index (χ1) is 12.8. The quantitative estimate of drug-likeness (QED) is 0.744. The minimum absolute atomic E-state index is 0.0271. The molecule has 0 bridgehead atoms. The topological polar surface area (TPSA) is 77.8 Å². The van der Waals surface area contributed by atoms with Gasteiger partial charge in [-0.2, -0.15) is 13.2 Å². The molecule has 1 N–H and O–H groups in total. The van der Waals surface area contributed by atoms with Gasteiger partial charge in [0, 0.05) is 29.3 Å². The highest BCUT2D eigenvalue weighted by atomic mass is 19.4. The van der Waals surface area contributed by atoms with Gasteiger partial charge < -0.3 is 19.1 Å². The third kappa shape index (κ3) is 3.99. The van der Waals surface area contributed by atoms with Gasteiger partial charge in [0.25, 0.3) is 5.60 Å². The molecular weight excluding hydrogens is 379 g/mol. The van der Waals surface area contributed by atoms with Crippen LogP contribution in [0.15, 0.2) is 30.5 Å². The van der Waals surface area contributed by atoms with Crippen molar-refractivity contribution in [3.05, 3.63) is 36.0 Å². The van der Waals surface area contributed by atoms with Crippen LogP contribution in [-0.2, 0) is 31.2 Å². The SMILES string of the molecule is CCOC(C(=O)O)(c1cn(CC(=O)OC(C)(C)C)c2ccccc12)C(F)(F)F. The predicted octanol–water partition coefficient (Wildman–Crippen LogP) is 3.86. The van der Waals surface area contributed by atoms with Crippen molar-refractivity contribution in [1.82, 2.24) is 4.57 Å². The van der Waals surface area contributed by atoms with Gasteiger partial charge in [-0.1, -0.05) is 18.2 Å². The molecule has 1 unspecified atom stereocenters. The lowest BCUT2D eigenvalue weighted by Gasteiger charge is -2.31. The Bertz CT molecular complexity index is 882. The molecule has 0 radical (unpaired) electrons. The summed E-state index contributed by atoms with van der Waals surface area (Å²) in [5.41, 5.74) is -4.66. The van der Waals surface area contributed by atoms with Crippen molar-refractivity contribution in [3.8, 4) is 0 Å². The second-order valence-corrected chi connectivity index (χ2v) is 7.19. The lowest BCUT2D eigenvalue weighted by Crippen LogP contribution is -2.51. The Morgan fingerprint density at radius 3 is 2.25 bits per heavy atom. The number of rotatable bonds is 6. The molecule has 1 aromatic carbocycles. The highest BCUT2D eigenvalue weighted by Crippen LogP contribution is 2.45. The van der Waals surface area contributed by atoms with E-state index in [0.717, 1.165) is 6.20 Å². The highest BCUT2D eigenvalue weighted by Gasteiger charge is 2.64. The normalized spacial score (nSPS) is 14.7. The van der Waals surface area contributed by atoms with E-state index in [4.69, 9.17) is 9.47 Å². The number of esters is 1. The van der Waals surface area contributed by atoms with Crippen LogP contribution in [-0.4, -0.2) is 40.0 Å². The molecule has 28 heavy (non-hydrogen) atoms. The highest BCUT2D eigenvalue weighted by molar-refractivity contribution is 5.92. The molecular formula is C19H22F3NO5. The zero-order valence-corrected chi connectivity index (χ0v) is 16.0. The maximum absolute atomic E-state index is 13.9. The molecule has 2 aromatic rings. The van der Waals surface area contributed by atoms with Crippen molar-refractivity contribution < 1.29 is 37.3 Å². The summed E-state index contributed by atoms with van der Waals surface area (Å²) in [5.74, 6) is -2.84. The third-order valence-corrected chi connectivity index (χ3v) is 3.95. The van der Waals surface area contributed by atoms with Gasteiger partial charge in [0.1, 0.15) is 12.1 Å². The van der Waals surface area contributed by atoms with Gasteiger partial charge in [-0.25, -0.2) is 4.79 Å². The van der Waals surface area contributed by atoms with Crippen molar-refractivity contribution >= 4 is 22.8 Å². The summed E-state index contributed by atoms with van der Waals surface area (Å²) >= 11 is 0. The lowest BCUT2D eigenvalue weighted by molar-refractivity contribution is -0.279. The van der Waals surface area contributed by atoms with Crippen LogP contribution in [0.5, 0.6) is 0 Å². The van der Waals surface area contributed by atoms with E-state index in [1.165, 1.54) is 29.7 Å². The van der Waals surface area contributed by atoms with Crippen LogP contribution < -0.4 is 0 Å². The van der Waals surface area contributed by atoms with Crippen LogP contribution >= 0.6 is 0 Å². The van der Waals surface area contributed by atoms with E-state index in [2.05, 4.69) is 0 Å². The minimum Gasteiger partial charge on any atom is -0.479 e. The average Bonchev–Trinajstić information content (AvgIpc) is 2.88. The monoisotopic (exact) mass is 401 g/mol. The van der Waals surface area contributed by atoms with E-state index >= 15 is 0 Å². The Morgan fingerprint density at radius 1 is 1.14 bits per heavy atom. The molecule has 0 fully saturated rings. The number of ether oxygens (including phenoxy) is 2. The zero-order valence-electron chi connectivity index (χ0n) is 16.0. The molecule has 6 nitrogen and oxygen atoms in total. The number of halogens is 3. The van der Waals surface area contributed by atoms with E-state index in [9.17, 15) is 27.9 Å². The molecule has 0 saturated carbocycles. The fourth-order valence-corrected chi connectivity index (χ4v) is 3.00. The van der Waals surface area contributed by atoms with Crippen molar-refractivity contribution in [2.24, 2.45) is 0 Å². The fraction of sp³-hybridized carbons (Fsp3) is 0.474. The third-order valence-electron chi connectivity index (χ3n) is 3.95. The number of aliphatic carboxylic acids is 1. The average molecular weight is 401 g/mol. The molecule has 0 aliphatic rings. The summed E-state index contributed by atoms with van der Waals surface area (Å²) in [6.07, 6.45) is -4.23. The molecule has 9 heteroatoms. The van der Waals surface area contributed by atoms with Crippen LogP contribution in [0.2, 0.25) is 0 Å². The molecule has 0 spiro atoms. The zero-order chi connectivity index (χ0) is 21.3. The Hall–Kier alpha value is -2.55. The summed E-state index contributed by atoms with van der Waals surface area (Å²) in [4.78, 5) is 23.9. The summed E-state index contributed by atoms with van der Waals surface area (Å²) in [7, 11) is 0. The first-order valence-electron chi connectivity index (χ1n) is 8.57. The minimum atomic E-state index is -5.23. The maximum Gasteiger partial charge on any atom is 0.432 e. The van der Waals surface area contributed by atoms with E-state index in [-0.39, 0.29) is 17.4 Å². The number of aromatic nitrogens is 1. The Kier molecular flexibility index (Phi) is 5.79. The van der Waals surface area contributed by atoms with Crippen molar-refractivity contribution in [2.45, 2.75) is 51.6 Å². The van der Waals surface area contributed by atoms with Gasteiger partial charge >= 0.3 is 18.1 Å². The number of alkyl halides is 3. The number of carboxylic acids is 1. The second kappa shape index (κ2) is 7.46. The molecule has 0 aliphatic heterocycles. The summed E-state index contributed by atoms with van der Waals surface area (Å²) in [5, 5.41) is 9.53. The first-order valence-corrected chi connectivity index (χ1v) is 8.57. The first kappa shape index (κ1) is 21.7. The van der Waals surface area contributed by atoms with Crippen LogP contribution in [0.1, 0.15) is 33.3 Å². The van der Waals surface area contributed by atoms with E-state index in [0.29, 0.717) is 0 Å². The van der Waals surface area contributed by atoms with Crippen LogP contribution in [0.3, 0.4) is 0 Å². The van der Waals surface area contributed by atoms with Crippen LogP contribution in [0.4, 0.5) is 13.2 Å². The van der Waals surface area contributed by atoms with Gasteiger partial charge in [-0.15, -0.1) is 0 Å². The summed E-state index contributed by atoms with van der Waals surface area (Å²) < 4.78 is 53.0. The number of carbonyl (C=O) groups is 2. The molecule has 1 aromatic heterocycles. The number of nitrogens with zero attached hydrogens (tertiary/aromatic N) is 1. The van der Waals surface area contributed by atoms with E-state index in [1.807, 2.05) is 0 Å². The number of fused-ring (bicyclic) bond motifs is 1. The number of carbonyl (C=O) groups excluding carboxylic acids is 1. The summed E-state index contributed by atoms with van der Waals surface area (Å²) in [6, 6.07) is 5.92. The van der Waals surface area contributed by atoms with Gasteiger partial charge in [-0.05, 0) is 33.8 Å². The molecule has 0 saturated heterocycles. The predicted molar refractivity (Wildman–Crippen MR) is 94.8 cm³/mol. The van der Waals surface area contributed by atoms with Crippen molar-refractivity contribution in [3.63, 3.8) is 0 Å². The molecule has 1 atom stereocenters. The molecule has 154 valence electrons. The number of carboxylic acid groups (broad SMARTS) is 1. The largest absolute Gasteiger partial charge is 0.479 e. The van der Waals surface area contributed by atoms with Gasteiger partial charge in [0.2, 0.25) is 0 Å². The molecule has 0 amide bonds. The smallest absolute Gasteiger partial charge is 0.432 e. The molecule has 0 aliphatic carbocycles. The Labute approximate surface area is 159 Å². The number of benzene rings is 1. The number of para-hydroxylation sites is 1. The van der Waals surface area contributed by atoms with Gasteiger partial charge in [0.05, 0.1) is 0 Å². The molecule has 2 rings (SSSR count). The standard InChI is InChI=1S/C19H22F3NO5/c1-5-27-18(16(25)26,19(20,21)22)13-10-23(11-15(24)28-17(2,3)4)14-9-7-6-8-12(13)14/h6-10H,5,11H2,1-4H3,(H,25,26). The fourth-order valence-electron chi connectivity index (χ4n) is 3.00. The van der Waals surface area contributed by atoms with E-state index in [1.54, 1.807) is 26.8 Å². The van der Waals surface area contributed by atoms with E-state index < -0.39 is 41.5 Å². The second-order valence-electron chi connectivity index (χ2n) is 7.19. The van der Waals surface area contributed by atoms with Crippen LogP contribution in [0, 0.1) is 0 Å². The lowest BCUT2D eigenvalue weighted by atomic mass is 9.92. The van der Waals surface area contributed by atoms with Crippen molar-refractivity contribution in [2.75, 3.05) is 6.61 Å². The Balaban J connectivity index is 2.68. The van der Waals surface area contributed by atoms with Crippen molar-refractivity contribution in [1.29, 1.82) is 0 Å². The summed E-state index contributed by atoms with van der Waals surface area (Å²) in [6.45, 7) is 5.42. The number of hydrogen-bond donors (Lipinski definition) is 1. The number of hydrogen-bond acceptors (Lipinski definition) is 4. The van der Waals surface area contributed by atoms with Gasteiger partial charge in [0.15, 0.2) is 0 Å². The van der Waals surface area contributed by atoms with Crippen LogP contribution in [0.25, 0.3) is 10.9 Å². The maximum atomic E-state index is 13.9. The Morgan fingerprint density at radius 2 is 1.75 bits per heavy atom. The molecule has 1 heterocycles.